The van der Waals surface area contributed by atoms with Gasteiger partial charge in [0.05, 0.1) is 6.10 Å². The first-order valence-corrected chi connectivity index (χ1v) is 7.65. The molecule has 0 aliphatic rings. The minimum absolute atomic E-state index is 0.0348. The average molecular weight is 296 g/mol. The number of nitrogens with one attached hydrogen (secondary N) is 2. The van der Waals surface area contributed by atoms with Crippen molar-refractivity contribution < 1.29 is 4.74 Å². The zero-order chi connectivity index (χ0) is 15.7. The van der Waals surface area contributed by atoms with Crippen molar-refractivity contribution in [1.29, 1.82) is 0 Å². The molecule has 0 aliphatic heterocycles. The molecule has 21 heavy (non-hydrogen) atoms. The second-order valence-corrected chi connectivity index (χ2v) is 4.99. The molecule has 0 saturated heterocycles. The lowest BCUT2D eigenvalue weighted by molar-refractivity contribution is 0.222. The van der Waals surface area contributed by atoms with Gasteiger partial charge in [-0.05, 0) is 39.9 Å². The van der Waals surface area contributed by atoms with Crippen molar-refractivity contribution in [1.82, 2.24) is 19.9 Å². The monoisotopic (exact) mass is 296 g/mol. The molecule has 0 amide bonds. The van der Waals surface area contributed by atoms with Crippen LogP contribution >= 0.6 is 0 Å². The lowest BCUT2D eigenvalue weighted by Gasteiger charge is -2.17. The van der Waals surface area contributed by atoms with E-state index in [1.807, 2.05) is 13.8 Å². The Bertz CT molecular complexity index is 408. The molecule has 2 N–H and O–H groups in total. The van der Waals surface area contributed by atoms with Gasteiger partial charge >= 0.3 is 6.01 Å². The second kappa shape index (κ2) is 9.33. The van der Waals surface area contributed by atoms with Crippen molar-refractivity contribution in [3.63, 3.8) is 0 Å². The Hall–Kier alpha value is -1.63. The Morgan fingerprint density at radius 2 is 1.76 bits per heavy atom. The lowest BCUT2D eigenvalue weighted by Crippen LogP contribution is -2.25. The molecule has 0 unspecified atom stereocenters. The summed E-state index contributed by atoms with van der Waals surface area (Å²) in [6.07, 6.45) is 1.08. The molecule has 0 fully saturated rings. The highest BCUT2D eigenvalue weighted by Gasteiger charge is 2.08. The molecule has 7 nitrogen and oxygen atoms in total. The minimum atomic E-state index is 0.0348. The number of aromatic nitrogens is 3. The predicted molar refractivity (Wildman–Crippen MR) is 86.0 cm³/mol. The molecule has 1 aromatic heterocycles. The molecular weight excluding hydrogens is 268 g/mol. The summed E-state index contributed by atoms with van der Waals surface area (Å²) < 4.78 is 5.53. The minimum Gasteiger partial charge on any atom is -0.461 e. The van der Waals surface area contributed by atoms with E-state index in [1.165, 1.54) is 0 Å². The number of anilines is 2. The quantitative estimate of drug-likeness (QED) is 0.638. The highest BCUT2D eigenvalue weighted by Crippen LogP contribution is 2.12. The van der Waals surface area contributed by atoms with Gasteiger partial charge in [0.2, 0.25) is 11.9 Å². The van der Waals surface area contributed by atoms with E-state index in [9.17, 15) is 0 Å². The van der Waals surface area contributed by atoms with E-state index in [2.05, 4.69) is 44.3 Å². The van der Waals surface area contributed by atoms with Gasteiger partial charge in [0.15, 0.2) is 0 Å². The van der Waals surface area contributed by atoms with E-state index >= 15 is 0 Å². The first-order valence-electron chi connectivity index (χ1n) is 7.65. The van der Waals surface area contributed by atoms with Gasteiger partial charge in [-0.25, -0.2) is 0 Å². The van der Waals surface area contributed by atoms with Gasteiger partial charge in [-0.15, -0.1) is 0 Å². The van der Waals surface area contributed by atoms with Crippen LogP contribution in [0, 0.1) is 0 Å². The highest BCUT2D eigenvalue weighted by atomic mass is 16.5. The summed E-state index contributed by atoms with van der Waals surface area (Å²) in [6.45, 7) is 12.3. The molecule has 120 valence electrons. The maximum Gasteiger partial charge on any atom is 0.323 e. The smallest absolute Gasteiger partial charge is 0.323 e. The van der Waals surface area contributed by atoms with E-state index in [4.69, 9.17) is 4.74 Å². The molecule has 0 aliphatic carbocycles. The van der Waals surface area contributed by atoms with Crippen LogP contribution in [-0.4, -0.2) is 59.2 Å². The van der Waals surface area contributed by atoms with Gasteiger partial charge in [-0.1, -0.05) is 13.8 Å². The molecule has 1 heterocycles. The van der Waals surface area contributed by atoms with E-state index in [-0.39, 0.29) is 6.10 Å². The second-order valence-electron chi connectivity index (χ2n) is 4.99. The predicted octanol–water partition coefficient (Wildman–Crippen LogP) is 1.84. The van der Waals surface area contributed by atoms with E-state index in [0.717, 1.165) is 32.6 Å². The van der Waals surface area contributed by atoms with Gasteiger partial charge in [0, 0.05) is 13.6 Å². The van der Waals surface area contributed by atoms with E-state index in [1.54, 1.807) is 7.05 Å². The van der Waals surface area contributed by atoms with Crippen LogP contribution in [0.25, 0.3) is 0 Å². The Morgan fingerprint density at radius 3 is 2.33 bits per heavy atom. The standard InChI is InChI=1S/C14H28N6O/c1-6-20(7-2)10-8-9-16-13-17-12(15-5)18-14(19-13)21-11(3)4/h11H,6-10H2,1-5H3,(H2,15,16,17,18,19). The summed E-state index contributed by atoms with van der Waals surface area (Å²) in [5.74, 6) is 1.05. The Kier molecular flexibility index (Phi) is 7.74. The first-order chi connectivity index (χ1) is 10.1. The van der Waals surface area contributed by atoms with Crippen LogP contribution in [0.4, 0.5) is 11.9 Å². The number of ether oxygens (including phenoxy) is 1. The molecule has 0 spiro atoms. The molecule has 7 heteroatoms. The summed E-state index contributed by atoms with van der Waals surface area (Å²) in [6, 6.07) is 0.343. The molecule has 0 atom stereocenters. The molecule has 0 bridgehead atoms. The zero-order valence-corrected chi connectivity index (χ0v) is 13.8. The third-order valence-electron chi connectivity index (χ3n) is 3.01. The fourth-order valence-corrected chi connectivity index (χ4v) is 1.85. The molecule has 0 radical (unpaired) electrons. The normalized spacial score (nSPS) is 11.0. The third-order valence-corrected chi connectivity index (χ3v) is 3.01. The van der Waals surface area contributed by atoms with Gasteiger partial charge < -0.3 is 20.3 Å². The van der Waals surface area contributed by atoms with E-state index < -0.39 is 0 Å². The Labute approximate surface area is 127 Å². The van der Waals surface area contributed by atoms with Crippen LogP contribution in [0.2, 0.25) is 0 Å². The molecule has 0 saturated carbocycles. The van der Waals surface area contributed by atoms with Crippen molar-refractivity contribution in [2.45, 2.75) is 40.2 Å². The van der Waals surface area contributed by atoms with Crippen LogP contribution < -0.4 is 15.4 Å². The van der Waals surface area contributed by atoms with Gasteiger partial charge in [-0.2, -0.15) is 15.0 Å². The summed E-state index contributed by atoms with van der Waals surface area (Å²) >= 11 is 0. The molecule has 0 aromatic carbocycles. The first kappa shape index (κ1) is 17.4. The van der Waals surface area contributed by atoms with Gasteiger partial charge in [0.1, 0.15) is 0 Å². The average Bonchev–Trinajstić information content (AvgIpc) is 2.46. The maximum atomic E-state index is 5.53. The van der Waals surface area contributed by atoms with Crippen LogP contribution in [0.15, 0.2) is 0 Å². The Balaban J connectivity index is 2.53. The third kappa shape index (κ3) is 6.57. The fourth-order valence-electron chi connectivity index (χ4n) is 1.85. The molecule has 1 aromatic rings. The van der Waals surface area contributed by atoms with Crippen molar-refractivity contribution in [2.24, 2.45) is 0 Å². The van der Waals surface area contributed by atoms with Crippen LogP contribution in [0.3, 0.4) is 0 Å². The fraction of sp³-hybridized carbons (Fsp3) is 0.786. The summed E-state index contributed by atoms with van der Waals surface area (Å²) in [5.41, 5.74) is 0. The zero-order valence-electron chi connectivity index (χ0n) is 13.8. The Morgan fingerprint density at radius 1 is 1.10 bits per heavy atom. The topological polar surface area (TPSA) is 75.2 Å². The lowest BCUT2D eigenvalue weighted by atomic mass is 10.3. The van der Waals surface area contributed by atoms with Crippen molar-refractivity contribution in [2.75, 3.05) is 43.9 Å². The highest BCUT2D eigenvalue weighted by molar-refractivity contribution is 5.35. The summed E-state index contributed by atoms with van der Waals surface area (Å²) in [7, 11) is 1.78. The maximum absolute atomic E-state index is 5.53. The summed E-state index contributed by atoms with van der Waals surface area (Å²) in [4.78, 5) is 15.1. The number of rotatable bonds is 10. The van der Waals surface area contributed by atoms with Crippen LogP contribution in [-0.2, 0) is 0 Å². The number of hydrogen-bond acceptors (Lipinski definition) is 7. The van der Waals surface area contributed by atoms with E-state index in [0.29, 0.717) is 17.9 Å². The van der Waals surface area contributed by atoms with Crippen LogP contribution in [0.5, 0.6) is 6.01 Å². The van der Waals surface area contributed by atoms with Crippen molar-refractivity contribution in [3.8, 4) is 6.01 Å². The SMILES string of the molecule is CCN(CC)CCCNc1nc(NC)nc(OC(C)C)n1. The molecular formula is C14H28N6O. The van der Waals surface area contributed by atoms with Gasteiger partial charge in [-0.3, -0.25) is 0 Å². The largest absolute Gasteiger partial charge is 0.461 e. The number of hydrogen-bond donors (Lipinski definition) is 2. The summed E-state index contributed by atoms with van der Waals surface area (Å²) in [5, 5.41) is 6.15. The molecule has 1 rings (SSSR count). The van der Waals surface area contributed by atoms with Crippen molar-refractivity contribution >= 4 is 11.9 Å². The van der Waals surface area contributed by atoms with Crippen LogP contribution in [0.1, 0.15) is 34.1 Å². The van der Waals surface area contributed by atoms with Gasteiger partial charge in [0.25, 0.3) is 0 Å². The van der Waals surface area contributed by atoms with Crippen molar-refractivity contribution in [3.05, 3.63) is 0 Å². The number of nitrogens with zero attached hydrogens (tertiary/aromatic N) is 4.